The van der Waals surface area contributed by atoms with Crippen molar-refractivity contribution in [3.05, 3.63) is 60.0 Å². The van der Waals surface area contributed by atoms with E-state index >= 15 is 0 Å². The predicted molar refractivity (Wildman–Crippen MR) is 87.4 cm³/mol. The second-order valence-electron chi connectivity index (χ2n) is 5.24. The highest BCUT2D eigenvalue weighted by Gasteiger charge is 2.05. The van der Waals surface area contributed by atoms with Gasteiger partial charge in [0.2, 0.25) is 0 Å². The van der Waals surface area contributed by atoms with Crippen LogP contribution >= 0.6 is 0 Å². The number of para-hydroxylation sites is 1. The Bertz CT molecular complexity index is 796. The van der Waals surface area contributed by atoms with E-state index in [0.29, 0.717) is 18.2 Å². The molecule has 1 heterocycles. The maximum atomic E-state index is 11.8. The lowest BCUT2D eigenvalue weighted by atomic mass is 10.1. The van der Waals surface area contributed by atoms with Gasteiger partial charge in [-0.25, -0.2) is 4.98 Å². The van der Waals surface area contributed by atoms with E-state index in [0.717, 1.165) is 23.1 Å². The van der Waals surface area contributed by atoms with E-state index in [1.54, 1.807) is 0 Å². The highest BCUT2D eigenvalue weighted by atomic mass is 16.5. The molecule has 0 atom stereocenters. The third-order valence-corrected chi connectivity index (χ3v) is 3.41. The Kier molecular flexibility index (Phi) is 4.57. The fourth-order valence-corrected chi connectivity index (χ4v) is 2.31. The molecule has 2 aromatic carbocycles. The highest BCUT2D eigenvalue weighted by Crippen LogP contribution is 2.16. The average molecular weight is 310 g/mol. The first-order chi connectivity index (χ1) is 11.2. The second-order valence-corrected chi connectivity index (χ2v) is 5.24. The minimum absolute atomic E-state index is 0.0194. The van der Waals surface area contributed by atoms with Crippen molar-refractivity contribution in [3.8, 4) is 5.75 Å². The number of aromatic nitrogens is 1. The molecule has 1 aromatic heterocycles. The Morgan fingerprint density at radius 1 is 1.22 bits per heavy atom. The Labute approximate surface area is 134 Å². The van der Waals surface area contributed by atoms with Crippen LogP contribution in [-0.2, 0) is 11.2 Å². The Balaban J connectivity index is 1.45. The summed E-state index contributed by atoms with van der Waals surface area (Å²) in [7, 11) is 0. The molecule has 23 heavy (non-hydrogen) atoms. The number of nitrogens with zero attached hydrogens (tertiary/aromatic N) is 1. The third-order valence-electron chi connectivity index (χ3n) is 3.41. The molecule has 0 aliphatic heterocycles. The van der Waals surface area contributed by atoms with Gasteiger partial charge < -0.3 is 14.5 Å². The lowest BCUT2D eigenvalue weighted by molar-refractivity contribution is -0.123. The molecule has 0 unspecified atom stereocenters. The van der Waals surface area contributed by atoms with E-state index in [-0.39, 0.29) is 12.5 Å². The van der Waals surface area contributed by atoms with Gasteiger partial charge in [0.05, 0.1) is 0 Å². The van der Waals surface area contributed by atoms with Gasteiger partial charge >= 0.3 is 0 Å². The van der Waals surface area contributed by atoms with Crippen molar-refractivity contribution >= 4 is 17.0 Å². The van der Waals surface area contributed by atoms with Gasteiger partial charge in [0.1, 0.15) is 11.3 Å². The van der Waals surface area contributed by atoms with Crippen molar-refractivity contribution in [2.45, 2.75) is 13.3 Å². The summed E-state index contributed by atoms with van der Waals surface area (Å²) in [4.78, 5) is 16.1. The SMILES string of the molecule is Cc1nc2cc(CCNC(=O)COc3ccccc3)ccc2o1. The monoisotopic (exact) mass is 310 g/mol. The van der Waals surface area contributed by atoms with E-state index < -0.39 is 0 Å². The fourth-order valence-electron chi connectivity index (χ4n) is 2.31. The number of hydrogen-bond acceptors (Lipinski definition) is 4. The van der Waals surface area contributed by atoms with Crippen molar-refractivity contribution in [1.82, 2.24) is 10.3 Å². The predicted octanol–water partition coefficient (Wildman–Crippen LogP) is 2.87. The van der Waals surface area contributed by atoms with Gasteiger partial charge in [-0.3, -0.25) is 4.79 Å². The zero-order valence-corrected chi connectivity index (χ0v) is 12.9. The van der Waals surface area contributed by atoms with Crippen molar-refractivity contribution in [3.63, 3.8) is 0 Å². The normalized spacial score (nSPS) is 10.7. The number of rotatable bonds is 6. The first-order valence-corrected chi connectivity index (χ1v) is 7.51. The van der Waals surface area contributed by atoms with Gasteiger partial charge in [0, 0.05) is 13.5 Å². The smallest absolute Gasteiger partial charge is 0.257 e. The molecule has 0 saturated heterocycles. The van der Waals surface area contributed by atoms with Gasteiger partial charge in [-0.2, -0.15) is 0 Å². The van der Waals surface area contributed by atoms with Gasteiger partial charge in [0.15, 0.2) is 18.1 Å². The Morgan fingerprint density at radius 3 is 2.87 bits per heavy atom. The molecule has 5 nitrogen and oxygen atoms in total. The number of carbonyl (C=O) groups excluding carboxylic acids is 1. The number of amides is 1. The molecule has 0 aliphatic carbocycles. The zero-order valence-electron chi connectivity index (χ0n) is 12.9. The van der Waals surface area contributed by atoms with Crippen LogP contribution in [0.15, 0.2) is 52.9 Å². The molecular weight excluding hydrogens is 292 g/mol. The average Bonchev–Trinajstić information content (AvgIpc) is 2.93. The van der Waals surface area contributed by atoms with Crippen LogP contribution in [0.25, 0.3) is 11.1 Å². The minimum Gasteiger partial charge on any atom is -0.484 e. The molecule has 0 bridgehead atoms. The molecular formula is C18H18N2O3. The van der Waals surface area contributed by atoms with Gasteiger partial charge in [-0.05, 0) is 36.2 Å². The molecule has 0 aliphatic rings. The standard InChI is InChI=1S/C18H18N2O3/c1-13-20-16-11-14(7-8-17(16)23-13)9-10-19-18(21)12-22-15-5-3-2-4-6-15/h2-8,11H,9-10,12H2,1H3,(H,19,21). The third kappa shape index (κ3) is 4.10. The molecule has 118 valence electrons. The van der Waals surface area contributed by atoms with Crippen LogP contribution in [0.5, 0.6) is 5.75 Å². The molecule has 5 heteroatoms. The summed E-state index contributed by atoms with van der Waals surface area (Å²) >= 11 is 0. The van der Waals surface area contributed by atoms with Crippen LogP contribution < -0.4 is 10.1 Å². The Morgan fingerprint density at radius 2 is 2.04 bits per heavy atom. The number of benzene rings is 2. The van der Waals surface area contributed by atoms with Crippen LogP contribution in [-0.4, -0.2) is 24.0 Å². The topological polar surface area (TPSA) is 64.4 Å². The summed E-state index contributed by atoms with van der Waals surface area (Å²) < 4.78 is 10.8. The van der Waals surface area contributed by atoms with E-state index in [2.05, 4.69) is 10.3 Å². The summed E-state index contributed by atoms with van der Waals surface area (Å²) in [6, 6.07) is 15.2. The molecule has 3 rings (SSSR count). The number of ether oxygens (including phenoxy) is 1. The van der Waals surface area contributed by atoms with Gasteiger partial charge in [-0.1, -0.05) is 24.3 Å². The van der Waals surface area contributed by atoms with Crippen LogP contribution in [0.3, 0.4) is 0 Å². The maximum Gasteiger partial charge on any atom is 0.257 e. The summed E-state index contributed by atoms with van der Waals surface area (Å²) in [5.41, 5.74) is 2.74. The largest absolute Gasteiger partial charge is 0.484 e. The minimum atomic E-state index is -0.132. The molecule has 1 amide bonds. The lowest BCUT2D eigenvalue weighted by Gasteiger charge is -2.07. The second kappa shape index (κ2) is 6.96. The summed E-state index contributed by atoms with van der Waals surface area (Å²) in [5.74, 6) is 1.21. The number of nitrogens with one attached hydrogen (secondary N) is 1. The lowest BCUT2D eigenvalue weighted by Crippen LogP contribution is -2.30. The van der Waals surface area contributed by atoms with Crippen LogP contribution in [0.4, 0.5) is 0 Å². The first kappa shape index (κ1) is 15.1. The fraction of sp³-hybridized carbons (Fsp3) is 0.222. The molecule has 0 radical (unpaired) electrons. The van der Waals surface area contributed by atoms with Crippen LogP contribution in [0, 0.1) is 6.92 Å². The van der Waals surface area contributed by atoms with Crippen LogP contribution in [0.1, 0.15) is 11.5 Å². The van der Waals surface area contributed by atoms with Crippen LogP contribution in [0.2, 0.25) is 0 Å². The van der Waals surface area contributed by atoms with Crippen molar-refractivity contribution in [2.24, 2.45) is 0 Å². The van der Waals surface area contributed by atoms with E-state index in [9.17, 15) is 4.79 Å². The molecule has 1 N–H and O–H groups in total. The summed E-state index contributed by atoms with van der Waals surface area (Å²) in [5, 5.41) is 2.85. The summed E-state index contributed by atoms with van der Waals surface area (Å²) in [6.45, 7) is 2.40. The number of carbonyl (C=O) groups is 1. The van der Waals surface area contributed by atoms with Crippen molar-refractivity contribution in [2.75, 3.05) is 13.2 Å². The zero-order chi connectivity index (χ0) is 16.1. The maximum absolute atomic E-state index is 11.8. The van der Waals surface area contributed by atoms with E-state index in [1.807, 2.05) is 55.5 Å². The highest BCUT2D eigenvalue weighted by molar-refractivity contribution is 5.77. The molecule has 0 spiro atoms. The van der Waals surface area contributed by atoms with Crippen molar-refractivity contribution in [1.29, 1.82) is 0 Å². The summed E-state index contributed by atoms with van der Waals surface area (Å²) in [6.07, 6.45) is 0.735. The Hall–Kier alpha value is -2.82. The molecule has 0 saturated carbocycles. The number of hydrogen-bond donors (Lipinski definition) is 1. The number of oxazole rings is 1. The quantitative estimate of drug-likeness (QED) is 0.760. The number of aryl methyl sites for hydroxylation is 1. The molecule has 3 aromatic rings. The van der Waals surface area contributed by atoms with Crippen molar-refractivity contribution < 1.29 is 13.9 Å². The van der Waals surface area contributed by atoms with E-state index in [1.165, 1.54) is 0 Å². The first-order valence-electron chi connectivity index (χ1n) is 7.51. The molecule has 0 fully saturated rings. The van der Waals surface area contributed by atoms with E-state index in [4.69, 9.17) is 9.15 Å². The van der Waals surface area contributed by atoms with Gasteiger partial charge in [-0.15, -0.1) is 0 Å². The number of fused-ring (bicyclic) bond motifs is 1. The van der Waals surface area contributed by atoms with Gasteiger partial charge in [0.25, 0.3) is 5.91 Å².